The highest BCUT2D eigenvalue weighted by atomic mass is 16.7. The Balaban J connectivity index is 1.43. The number of carbonyl (C=O) groups excluding carboxylic acids is 1. The van der Waals surface area contributed by atoms with Gasteiger partial charge in [-0.2, -0.15) is 0 Å². The van der Waals surface area contributed by atoms with Gasteiger partial charge in [-0.05, 0) is 43.5 Å². The number of benzene rings is 2. The summed E-state index contributed by atoms with van der Waals surface area (Å²) in [5.74, 6) is 0.798. The molecule has 0 aliphatic carbocycles. The average molecular weight is 411 g/mol. The summed E-state index contributed by atoms with van der Waals surface area (Å²) in [6.45, 7) is 6.04. The number of hydrogen-bond acceptors (Lipinski definition) is 5. The number of carbonyl (C=O) groups is 1. The van der Waals surface area contributed by atoms with Crippen LogP contribution in [-0.2, 0) is 19.8 Å². The summed E-state index contributed by atoms with van der Waals surface area (Å²) in [6.07, 6.45) is 1.04. The molecular formula is C24H29NO5. The number of methoxy groups -OCH3 is 1. The lowest BCUT2D eigenvalue weighted by Crippen LogP contribution is -2.47. The first-order valence-corrected chi connectivity index (χ1v) is 10.5. The Morgan fingerprint density at radius 1 is 1.07 bits per heavy atom. The monoisotopic (exact) mass is 411 g/mol. The Labute approximate surface area is 177 Å². The van der Waals surface area contributed by atoms with E-state index in [1.54, 1.807) is 12.0 Å². The zero-order valence-corrected chi connectivity index (χ0v) is 17.8. The van der Waals surface area contributed by atoms with Gasteiger partial charge in [0.25, 0.3) is 0 Å². The zero-order chi connectivity index (χ0) is 21.1. The summed E-state index contributed by atoms with van der Waals surface area (Å²) in [5, 5.41) is 0. The molecule has 2 aliphatic rings. The van der Waals surface area contributed by atoms with Gasteiger partial charge in [0.05, 0.1) is 26.4 Å². The highest BCUT2D eigenvalue weighted by Gasteiger charge is 2.40. The zero-order valence-electron chi connectivity index (χ0n) is 17.8. The molecule has 30 heavy (non-hydrogen) atoms. The number of rotatable bonds is 5. The molecule has 0 spiro atoms. The van der Waals surface area contributed by atoms with E-state index in [0.29, 0.717) is 19.8 Å². The summed E-state index contributed by atoms with van der Waals surface area (Å²) in [7, 11) is 1.64. The summed E-state index contributed by atoms with van der Waals surface area (Å²) in [4.78, 5) is 14.7. The second-order valence-electron chi connectivity index (χ2n) is 8.04. The van der Waals surface area contributed by atoms with Crippen molar-refractivity contribution in [2.45, 2.75) is 44.6 Å². The lowest BCUT2D eigenvalue weighted by molar-refractivity contribution is -0.183. The van der Waals surface area contributed by atoms with E-state index >= 15 is 0 Å². The van der Waals surface area contributed by atoms with Crippen molar-refractivity contribution < 1.29 is 23.7 Å². The summed E-state index contributed by atoms with van der Waals surface area (Å²) in [5.41, 5.74) is 2.36. The van der Waals surface area contributed by atoms with Gasteiger partial charge in [0.2, 0.25) is 0 Å². The van der Waals surface area contributed by atoms with E-state index in [-0.39, 0.29) is 18.4 Å². The smallest absolute Gasteiger partial charge is 0.411 e. The molecule has 0 N–H and O–H groups in total. The number of amides is 1. The predicted octanol–water partition coefficient (Wildman–Crippen LogP) is 4.95. The van der Waals surface area contributed by atoms with Gasteiger partial charge in [0, 0.05) is 18.5 Å². The van der Waals surface area contributed by atoms with Crippen LogP contribution in [0.5, 0.6) is 5.75 Å². The first-order valence-electron chi connectivity index (χ1n) is 10.5. The van der Waals surface area contributed by atoms with Crippen LogP contribution >= 0.6 is 0 Å². The standard InChI is InChI=1S/C24H29NO5/c1-17(18-7-11-21(27-3)12-8-18)25-14-13-24(2,30-23(25)26)20-9-5-19(6-10-20)22-28-15-4-16-29-22/h5-12,17,22H,4,13-16H2,1-3H3/t17-,24?/m0/s1. The fourth-order valence-electron chi connectivity index (χ4n) is 4.02. The van der Waals surface area contributed by atoms with Gasteiger partial charge in [-0.3, -0.25) is 0 Å². The summed E-state index contributed by atoms with van der Waals surface area (Å²) < 4.78 is 22.5. The van der Waals surface area contributed by atoms with E-state index in [4.69, 9.17) is 18.9 Å². The van der Waals surface area contributed by atoms with Crippen LogP contribution in [0.15, 0.2) is 48.5 Å². The molecule has 2 aromatic rings. The molecular weight excluding hydrogens is 382 g/mol. The Hall–Kier alpha value is -2.57. The first kappa shape index (κ1) is 20.7. The number of hydrogen-bond donors (Lipinski definition) is 0. The first-order chi connectivity index (χ1) is 14.5. The van der Waals surface area contributed by atoms with Gasteiger partial charge in [-0.25, -0.2) is 4.79 Å². The molecule has 0 aromatic heterocycles. The fourth-order valence-corrected chi connectivity index (χ4v) is 4.02. The van der Waals surface area contributed by atoms with Gasteiger partial charge in [-0.15, -0.1) is 0 Å². The molecule has 2 atom stereocenters. The fraction of sp³-hybridized carbons (Fsp3) is 0.458. The minimum Gasteiger partial charge on any atom is -0.497 e. The van der Waals surface area contributed by atoms with E-state index in [2.05, 4.69) is 0 Å². The van der Waals surface area contributed by atoms with Crippen LogP contribution in [0.25, 0.3) is 0 Å². The summed E-state index contributed by atoms with van der Waals surface area (Å²) >= 11 is 0. The van der Waals surface area contributed by atoms with Crippen LogP contribution in [0.2, 0.25) is 0 Å². The van der Waals surface area contributed by atoms with Crippen LogP contribution in [0, 0.1) is 0 Å². The molecule has 1 amide bonds. The molecule has 2 saturated heterocycles. The third kappa shape index (κ3) is 4.16. The van der Waals surface area contributed by atoms with Crippen LogP contribution in [-0.4, -0.2) is 37.9 Å². The molecule has 0 saturated carbocycles. The molecule has 2 aromatic carbocycles. The second kappa shape index (κ2) is 8.66. The van der Waals surface area contributed by atoms with Crippen molar-refractivity contribution in [1.82, 2.24) is 4.90 Å². The van der Waals surface area contributed by atoms with E-state index in [0.717, 1.165) is 35.3 Å². The third-order valence-electron chi connectivity index (χ3n) is 6.06. The molecule has 2 fully saturated rings. The van der Waals surface area contributed by atoms with Crippen molar-refractivity contribution in [3.8, 4) is 5.75 Å². The topological polar surface area (TPSA) is 57.2 Å². The van der Waals surface area contributed by atoms with E-state index < -0.39 is 5.60 Å². The summed E-state index contributed by atoms with van der Waals surface area (Å²) in [6, 6.07) is 15.7. The van der Waals surface area contributed by atoms with E-state index in [1.807, 2.05) is 62.4 Å². The maximum absolute atomic E-state index is 12.9. The minimum absolute atomic E-state index is 0.0732. The minimum atomic E-state index is -0.653. The van der Waals surface area contributed by atoms with Crippen molar-refractivity contribution in [2.24, 2.45) is 0 Å². The molecule has 1 unspecified atom stereocenters. The molecule has 6 heteroatoms. The second-order valence-corrected chi connectivity index (χ2v) is 8.04. The van der Waals surface area contributed by atoms with Gasteiger partial charge in [0.1, 0.15) is 11.4 Å². The van der Waals surface area contributed by atoms with Crippen LogP contribution in [0.3, 0.4) is 0 Å². The van der Waals surface area contributed by atoms with Gasteiger partial charge in [-0.1, -0.05) is 36.4 Å². The maximum Gasteiger partial charge on any atom is 0.411 e. The largest absolute Gasteiger partial charge is 0.497 e. The Bertz CT molecular complexity index is 860. The highest BCUT2D eigenvalue weighted by Crippen LogP contribution is 2.37. The number of nitrogens with zero attached hydrogens (tertiary/aromatic N) is 1. The molecule has 4 rings (SSSR count). The number of cyclic esters (lactones) is 1. The molecule has 2 heterocycles. The SMILES string of the molecule is COc1ccc([C@H](C)N2CCC(C)(c3ccc(C4OCCCO4)cc3)OC2=O)cc1. The molecule has 160 valence electrons. The van der Waals surface area contributed by atoms with Crippen molar-refractivity contribution in [3.63, 3.8) is 0 Å². The van der Waals surface area contributed by atoms with Gasteiger partial charge < -0.3 is 23.8 Å². The van der Waals surface area contributed by atoms with Crippen molar-refractivity contribution >= 4 is 6.09 Å². The molecule has 2 aliphatic heterocycles. The Kier molecular flexibility index (Phi) is 5.97. The lowest BCUT2D eigenvalue weighted by atomic mass is 9.89. The van der Waals surface area contributed by atoms with Crippen LogP contribution < -0.4 is 4.74 Å². The average Bonchev–Trinajstić information content (AvgIpc) is 2.79. The molecule has 0 bridgehead atoms. The maximum atomic E-state index is 12.9. The number of ether oxygens (including phenoxy) is 4. The van der Waals surface area contributed by atoms with Crippen molar-refractivity contribution in [3.05, 3.63) is 65.2 Å². The van der Waals surface area contributed by atoms with Crippen molar-refractivity contribution in [2.75, 3.05) is 26.9 Å². The predicted molar refractivity (Wildman–Crippen MR) is 112 cm³/mol. The normalized spacial score (nSPS) is 23.7. The lowest BCUT2D eigenvalue weighted by Gasteiger charge is -2.41. The van der Waals surface area contributed by atoms with Crippen LogP contribution in [0.1, 0.15) is 55.7 Å². The van der Waals surface area contributed by atoms with Crippen LogP contribution in [0.4, 0.5) is 4.79 Å². The van der Waals surface area contributed by atoms with Gasteiger partial charge in [0.15, 0.2) is 6.29 Å². The van der Waals surface area contributed by atoms with Gasteiger partial charge >= 0.3 is 6.09 Å². The Morgan fingerprint density at radius 2 is 1.73 bits per heavy atom. The third-order valence-corrected chi connectivity index (χ3v) is 6.06. The van der Waals surface area contributed by atoms with E-state index in [1.165, 1.54) is 0 Å². The van der Waals surface area contributed by atoms with E-state index in [9.17, 15) is 4.79 Å². The molecule has 6 nitrogen and oxygen atoms in total. The Morgan fingerprint density at radius 3 is 2.33 bits per heavy atom. The van der Waals surface area contributed by atoms with Crippen molar-refractivity contribution in [1.29, 1.82) is 0 Å². The quantitative estimate of drug-likeness (QED) is 0.697. The molecule has 0 radical (unpaired) electrons. The highest BCUT2D eigenvalue weighted by molar-refractivity contribution is 5.70.